The maximum Gasteiger partial charge on any atom is 0.317 e. The highest BCUT2D eigenvalue weighted by molar-refractivity contribution is 5.74. The van der Waals surface area contributed by atoms with Crippen molar-refractivity contribution in [2.24, 2.45) is 5.92 Å². The summed E-state index contributed by atoms with van der Waals surface area (Å²) in [6, 6.07) is 0.390. The minimum Gasteiger partial charge on any atom is -0.334 e. The van der Waals surface area contributed by atoms with Crippen LogP contribution < -0.4 is 5.32 Å². The number of hydrogen-bond donors (Lipinski definition) is 1. The average molecular weight is 253 g/mol. The second-order valence-corrected chi connectivity index (χ2v) is 6.05. The standard InChI is InChI=1S/C14H27N3O/c1-12-6-5-9-17(10-12)14(18)15-13(2)11-16-7-3-4-8-16/h12-13H,3-11H2,1-2H3,(H,15,18). The van der Waals surface area contributed by atoms with Crippen molar-refractivity contribution in [2.45, 2.75) is 45.6 Å². The Morgan fingerprint density at radius 2 is 2.00 bits per heavy atom. The van der Waals surface area contributed by atoms with Gasteiger partial charge >= 0.3 is 6.03 Å². The van der Waals surface area contributed by atoms with Crippen LogP contribution in [0.15, 0.2) is 0 Å². The van der Waals surface area contributed by atoms with Gasteiger partial charge in [0.15, 0.2) is 0 Å². The maximum absolute atomic E-state index is 12.1. The van der Waals surface area contributed by atoms with Crippen molar-refractivity contribution < 1.29 is 4.79 Å². The minimum atomic E-state index is 0.133. The summed E-state index contributed by atoms with van der Waals surface area (Å²) >= 11 is 0. The zero-order chi connectivity index (χ0) is 13.0. The molecule has 2 aliphatic heterocycles. The van der Waals surface area contributed by atoms with Crippen molar-refractivity contribution in [2.75, 3.05) is 32.7 Å². The van der Waals surface area contributed by atoms with Crippen LogP contribution in [-0.4, -0.2) is 54.6 Å². The number of nitrogens with one attached hydrogen (secondary N) is 1. The fraction of sp³-hybridized carbons (Fsp3) is 0.929. The summed E-state index contributed by atoms with van der Waals surface area (Å²) in [7, 11) is 0. The molecule has 104 valence electrons. The van der Waals surface area contributed by atoms with Crippen molar-refractivity contribution in [1.29, 1.82) is 0 Å². The van der Waals surface area contributed by atoms with E-state index in [1.54, 1.807) is 0 Å². The van der Waals surface area contributed by atoms with Gasteiger partial charge in [0.05, 0.1) is 0 Å². The van der Waals surface area contributed by atoms with Gasteiger partial charge in [-0.3, -0.25) is 0 Å². The molecule has 2 aliphatic rings. The Kier molecular flexibility index (Phi) is 4.87. The van der Waals surface area contributed by atoms with Gasteiger partial charge in [-0.1, -0.05) is 6.92 Å². The van der Waals surface area contributed by atoms with E-state index >= 15 is 0 Å². The molecule has 1 N–H and O–H groups in total. The van der Waals surface area contributed by atoms with E-state index in [4.69, 9.17) is 0 Å². The van der Waals surface area contributed by atoms with E-state index in [0.717, 1.165) is 26.1 Å². The molecule has 0 saturated carbocycles. The fourth-order valence-electron chi connectivity index (χ4n) is 3.07. The third-order valence-corrected chi connectivity index (χ3v) is 4.04. The Morgan fingerprint density at radius 3 is 2.67 bits per heavy atom. The SMILES string of the molecule is CC1CCCN(C(=O)NC(C)CN2CCCC2)C1. The zero-order valence-corrected chi connectivity index (χ0v) is 11.8. The van der Waals surface area contributed by atoms with Crippen LogP contribution in [0.5, 0.6) is 0 Å². The van der Waals surface area contributed by atoms with Crippen LogP contribution in [0.1, 0.15) is 39.5 Å². The quantitative estimate of drug-likeness (QED) is 0.834. The molecule has 0 spiro atoms. The number of hydrogen-bond acceptors (Lipinski definition) is 2. The van der Waals surface area contributed by atoms with Crippen LogP contribution >= 0.6 is 0 Å². The number of likely N-dealkylation sites (tertiary alicyclic amines) is 2. The van der Waals surface area contributed by atoms with Crippen LogP contribution in [0.3, 0.4) is 0 Å². The summed E-state index contributed by atoms with van der Waals surface area (Å²) in [6.45, 7) is 9.57. The molecule has 4 nitrogen and oxygen atoms in total. The molecular weight excluding hydrogens is 226 g/mol. The van der Waals surface area contributed by atoms with Crippen LogP contribution in [0.25, 0.3) is 0 Å². The smallest absolute Gasteiger partial charge is 0.317 e. The lowest BCUT2D eigenvalue weighted by atomic mass is 10.0. The summed E-state index contributed by atoms with van der Waals surface area (Å²) in [5.74, 6) is 0.651. The highest BCUT2D eigenvalue weighted by atomic mass is 16.2. The molecule has 0 bridgehead atoms. The van der Waals surface area contributed by atoms with Crippen LogP contribution in [0, 0.1) is 5.92 Å². The molecular formula is C14H27N3O. The fourth-order valence-corrected chi connectivity index (χ4v) is 3.07. The molecule has 0 aliphatic carbocycles. The number of piperidine rings is 1. The molecule has 2 amide bonds. The Morgan fingerprint density at radius 1 is 1.28 bits per heavy atom. The predicted octanol–water partition coefficient (Wildman–Crippen LogP) is 1.91. The number of nitrogens with zero attached hydrogens (tertiary/aromatic N) is 2. The molecule has 0 aromatic heterocycles. The normalized spacial score (nSPS) is 27.2. The van der Waals surface area contributed by atoms with Crippen molar-refractivity contribution in [3.05, 3.63) is 0 Å². The second-order valence-electron chi connectivity index (χ2n) is 6.05. The largest absolute Gasteiger partial charge is 0.334 e. The monoisotopic (exact) mass is 253 g/mol. The minimum absolute atomic E-state index is 0.133. The van der Waals surface area contributed by atoms with Gasteiger partial charge in [-0.05, 0) is 51.6 Å². The molecule has 2 unspecified atom stereocenters. The van der Waals surface area contributed by atoms with Gasteiger partial charge in [-0.15, -0.1) is 0 Å². The second kappa shape index (κ2) is 6.41. The first-order valence-corrected chi connectivity index (χ1v) is 7.43. The molecule has 0 aromatic rings. The summed E-state index contributed by atoms with van der Waals surface area (Å²) in [4.78, 5) is 16.6. The van der Waals surface area contributed by atoms with E-state index < -0.39 is 0 Å². The number of carbonyl (C=O) groups is 1. The third kappa shape index (κ3) is 3.87. The number of carbonyl (C=O) groups excluding carboxylic acids is 1. The van der Waals surface area contributed by atoms with Crippen molar-refractivity contribution in [3.63, 3.8) is 0 Å². The van der Waals surface area contributed by atoms with E-state index in [0.29, 0.717) is 5.92 Å². The molecule has 4 heteroatoms. The maximum atomic E-state index is 12.1. The van der Waals surface area contributed by atoms with E-state index in [-0.39, 0.29) is 12.1 Å². The molecule has 2 saturated heterocycles. The van der Waals surface area contributed by atoms with Gasteiger partial charge in [0, 0.05) is 25.7 Å². The highest BCUT2D eigenvalue weighted by Gasteiger charge is 2.22. The molecule has 2 rings (SSSR count). The Bertz CT molecular complexity index is 276. The highest BCUT2D eigenvalue weighted by Crippen LogP contribution is 2.15. The predicted molar refractivity (Wildman–Crippen MR) is 73.6 cm³/mol. The zero-order valence-electron chi connectivity index (χ0n) is 11.8. The molecule has 2 fully saturated rings. The Balaban J connectivity index is 1.72. The molecule has 0 aromatic carbocycles. The van der Waals surface area contributed by atoms with Gasteiger partial charge in [0.2, 0.25) is 0 Å². The topological polar surface area (TPSA) is 35.6 Å². The lowest BCUT2D eigenvalue weighted by Gasteiger charge is -2.32. The molecule has 2 heterocycles. The first-order chi connectivity index (χ1) is 8.65. The van der Waals surface area contributed by atoms with Gasteiger partial charge in [0.25, 0.3) is 0 Å². The van der Waals surface area contributed by atoms with E-state index in [1.165, 1.54) is 32.4 Å². The van der Waals surface area contributed by atoms with Crippen molar-refractivity contribution >= 4 is 6.03 Å². The first kappa shape index (κ1) is 13.7. The number of amides is 2. The summed E-state index contributed by atoms with van der Waals surface area (Å²) < 4.78 is 0. The Labute approximate surface area is 111 Å². The van der Waals surface area contributed by atoms with Gasteiger partial charge in [-0.2, -0.15) is 0 Å². The average Bonchev–Trinajstić information content (AvgIpc) is 2.81. The molecule has 18 heavy (non-hydrogen) atoms. The van der Waals surface area contributed by atoms with E-state index in [9.17, 15) is 4.79 Å². The summed E-state index contributed by atoms with van der Waals surface area (Å²) in [6.07, 6.45) is 5.02. The lowest BCUT2D eigenvalue weighted by molar-refractivity contribution is 0.164. The number of urea groups is 1. The van der Waals surface area contributed by atoms with Crippen molar-refractivity contribution in [1.82, 2.24) is 15.1 Å². The number of rotatable bonds is 3. The van der Waals surface area contributed by atoms with Crippen LogP contribution in [0.4, 0.5) is 4.79 Å². The van der Waals surface area contributed by atoms with Gasteiger partial charge < -0.3 is 15.1 Å². The Hall–Kier alpha value is -0.770. The van der Waals surface area contributed by atoms with Crippen LogP contribution in [-0.2, 0) is 0 Å². The lowest BCUT2D eigenvalue weighted by Crippen LogP contribution is -2.50. The molecule has 0 radical (unpaired) electrons. The van der Waals surface area contributed by atoms with E-state index in [1.807, 2.05) is 4.90 Å². The van der Waals surface area contributed by atoms with Gasteiger partial charge in [-0.25, -0.2) is 4.79 Å². The van der Waals surface area contributed by atoms with Crippen LogP contribution in [0.2, 0.25) is 0 Å². The van der Waals surface area contributed by atoms with Crippen molar-refractivity contribution in [3.8, 4) is 0 Å². The van der Waals surface area contributed by atoms with Gasteiger partial charge in [0.1, 0.15) is 0 Å². The first-order valence-electron chi connectivity index (χ1n) is 7.43. The third-order valence-electron chi connectivity index (χ3n) is 4.04. The summed E-state index contributed by atoms with van der Waals surface area (Å²) in [5, 5.41) is 3.14. The molecule has 2 atom stereocenters. The summed E-state index contributed by atoms with van der Waals surface area (Å²) in [5.41, 5.74) is 0. The van der Waals surface area contributed by atoms with E-state index in [2.05, 4.69) is 24.1 Å².